The Hall–Kier alpha value is -2.59. The highest BCUT2D eigenvalue weighted by Crippen LogP contribution is 2.30. The van der Waals surface area contributed by atoms with Crippen LogP contribution in [0.4, 0.5) is 0 Å². The number of ether oxygens (including phenoxy) is 1. The molecule has 4 heteroatoms. The number of H-pyrrole nitrogens is 1. The summed E-state index contributed by atoms with van der Waals surface area (Å²) in [4.78, 5) is 0. The average molecular weight is 280 g/mol. The van der Waals surface area contributed by atoms with Crippen LogP contribution in [0.5, 0.6) is 5.75 Å². The first-order valence-corrected chi connectivity index (χ1v) is 6.70. The van der Waals surface area contributed by atoms with Crippen molar-refractivity contribution in [2.45, 2.75) is 6.10 Å². The van der Waals surface area contributed by atoms with E-state index in [1.165, 1.54) is 0 Å². The molecule has 1 aromatic heterocycles. The largest absolute Gasteiger partial charge is 0.497 e. The molecular weight excluding hydrogens is 264 g/mol. The van der Waals surface area contributed by atoms with Gasteiger partial charge in [-0.2, -0.15) is 5.10 Å². The minimum Gasteiger partial charge on any atom is -0.497 e. The van der Waals surface area contributed by atoms with Crippen LogP contribution in [0.1, 0.15) is 17.2 Å². The fourth-order valence-corrected chi connectivity index (χ4v) is 2.30. The number of methoxy groups -OCH3 is 1. The second-order valence-electron chi connectivity index (χ2n) is 4.74. The zero-order valence-electron chi connectivity index (χ0n) is 11.7. The lowest BCUT2D eigenvalue weighted by Crippen LogP contribution is -2.00. The zero-order valence-corrected chi connectivity index (χ0v) is 11.7. The molecule has 0 saturated heterocycles. The van der Waals surface area contributed by atoms with Crippen LogP contribution in [-0.2, 0) is 0 Å². The van der Waals surface area contributed by atoms with Crippen molar-refractivity contribution in [1.82, 2.24) is 10.2 Å². The lowest BCUT2D eigenvalue weighted by atomic mass is 9.99. The van der Waals surface area contributed by atoms with Crippen molar-refractivity contribution in [3.63, 3.8) is 0 Å². The first-order valence-electron chi connectivity index (χ1n) is 6.70. The molecule has 1 atom stereocenters. The number of aliphatic hydroxyl groups is 1. The predicted octanol–water partition coefficient (Wildman–Crippen LogP) is 3.17. The van der Waals surface area contributed by atoms with Crippen LogP contribution in [0.2, 0.25) is 0 Å². The number of hydrogen-bond acceptors (Lipinski definition) is 3. The Morgan fingerprint density at radius 2 is 1.76 bits per heavy atom. The summed E-state index contributed by atoms with van der Waals surface area (Å²) in [5.41, 5.74) is 3.39. The molecule has 0 spiro atoms. The molecule has 21 heavy (non-hydrogen) atoms. The Bertz CT molecular complexity index is 705. The van der Waals surface area contributed by atoms with Gasteiger partial charge in [0.2, 0.25) is 0 Å². The molecule has 1 unspecified atom stereocenters. The number of nitrogens with one attached hydrogen (secondary N) is 1. The molecule has 0 bridgehead atoms. The number of nitrogens with zero attached hydrogens (tertiary/aromatic N) is 1. The molecule has 106 valence electrons. The molecule has 3 aromatic rings. The number of aromatic nitrogens is 2. The summed E-state index contributed by atoms with van der Waals surface area (Å²) < 4.78 is 5.13. The summed E-state index contributed by atoms with van der Waals surface area (Å²) in [6.45, 7) is 0. The molecule has 0 amide bonds. The Labute approximate surface area is 123 Å². The molecular formula is C17H16N2O2. The second-order valence-corrected chi connectivity index (χ2v) is 4.74. The Morgan fingerprint density at radius 3 is 2.43 bits per heavy atom. The van der Waals surface area contributed by atoms with Gasteiger partial charge in [0, 0.05) is 5.56 Å². The summed E-state index contributed by atoms with van der Waals surface area (Å²) >= 11 is 0. The van der Waals surface area contributed by atoms with E-state index in [1.807, 2.05) is 54.6 Å². The monoisotopic (exact) mass is 280 g/mol. The Balaban J connectivity index is 1.95. The van der Waals surface area contributed by atoms with Crippen LogP contribution in [0.3, 0.4) is 0 Å². The molecule has 1 heterocycles. The molecule has 3 rings (SSSR count). The van der Waals surface area contributed by atoms with Gasteiger partial charge in [-0.15, -0.1) is 0 Å². The minimum atomic E-state index is -0.732. The molecule has 4 nitrogen and oxygen atoms in total. The van der Waals surface area contributed by atoms with Crippen LogP contribution in [0.25, 0.3) is 11.3 Å². The van der Waals surface area contributed by atoms with Crippen molar-refractivity contribution in [3.8, 4) is 17.0 Å². The summed E-state index contributed by atoms with van der Waals surface area (Å²) in [6.07, 6.45) is 0.932. The third-order valence-electron chi connectivity index (χ3n) is 3.46. The van der Waals surface area contributed by atoms with E-state index in [9.17, 15) is 5.11 Å². The lowest BCUT2D eigenvalue weighted by Gasteiger charge is -2.12. The van der Waals surface area contributed by atoms with Gasteiger partial charge in [-0.05, 0) is 23.3 Å². The third-order valence-corrected chi connectivity index (χ3v) is 3.46. The molecule has 0 saturated carbocycles. The molecule has 0 radical (unpaired) electrons. The normalized spacial score (nSPS) is 12.1. The quantitative estimate of drug-likeness (QED) is 0.771. The number of benzene rings is 2. The fraction of sp³-hybridized carbons (Fsp3) is 0.118. The van der Waals surface area contributed by atoms with Gasteiger partial charge in [-0.25, -0.2) is 0 Å². The van der Waals surface area contributed by atoms with Gasteiger partial charge >= 0.3 is 0 Å². The SMILES string of the molecule is COc1ccc(C(O)c2cn[nH]c2-c2ccccc2)cc1. The van der Waals surface area contributed by atoms with E-state index in [0.29, 0.717) is 0 Å². The van der Waals surface area contributed by atoms with Crippen LogP contribution >= 0.6 is 0 Å². The van der Waals surface area contributed by atoms with Crippen LogP contribution in [0.15, 0.2) is 60.8 Å². The van der Waals surface area contributed by atoms with E-state index in [1.54, 1.807) is 13.3 Å². The maximum atomic E-state index is 10.6. The number of aromatic amines is 1. The highest BCUT2D eigenvalue weighted by Gasteiger charge is 2.17. The number of rotatable bonds is 4. The standard InChI is InChI=1S/C17H16N2O2/c1-21-14-9-7-13(8-10-14)17(20)15-11-18-19-16(15)12-5-3-2-4-6-12/h2-11,17,20H,1H3,(H,18,19). The number of hydrogen-bond donors (Lipinski definition) is 2. The molecule has 2 N–H and O–H groups in total. The molecule has 0 fully saturated rings. The van der Waals surface area contributed by atoms with E-state index in [-0.39, 0.29) is 0 Å². The lowest BCUT2D eigenvalue weighted by molar-refractivity contribution is 0.221. The van der Waals surface area contributed by atoms with E-state index in [2.05, 4.69) is 10.2 Å². The summed E-state index contributed by atoms with van der Waals surface area (Å²) in [5, 5.41) is 17.6. The van der Waals surface area contributed by atoms with Crippen molar-refractivity contribution in [1.29, 1.82) is 0 Å². The van der Waals surface area contributed by atoms with E-state index in [4.69, 9.17) is 4.74 Å². The molecule has 0 aliphatic heterocycles. The Morgan fingerprint density at radius 1 is 1.05 bits per heavy atom. The van der Waals surface area contributed by atoms with Gasteiger partial charge < -0.3 is 9.84 Å². The molecule has 2 aromatic carbocycles. The van der Waals surface area contributed by atoms with Crippen LogP contribution in [-0.4, -0.2) is 22.4 Å². The summed E-state index contributed by atoms with van der Waals surface area (Å²) in [7, 11) is 1.62. The fourth-order valence-electron chi connectivity index (χ4n) is 2.30. The van der Waals surface area contributed by atoms with Gasteiger partial charge in [-0.3, -0.25) is 5.10 Å². The van der Waals surface area contributed by atoms with Crippen molar-refractivity contribution >= 4 is 0 Å². The molecule has 0 aliphatic rings. The van der Waals surface area contributed by atoms with E-state index < -0.39 is 6.10 Å². The highest BCUT2D eigenvalue weighted by atomic mass is 16.5. The Kier molecular flexibility index (Phi) is 3.71. The van der Waals surface area contributed by atoms with Gasteiger partial charge in [0.25, 0.3) is 0 Å². The molecule has 0 aliphatic carbocycles. The van der Waals surface area contributed by atoms with Crippen molar-refractivity contribution in [3.05, 3.63) is 71.9 Å². The topological polar surface area (TPSA) is 58.1 Å². The van der Waals surface area contributed by atoms with E-state index >= 15 is 0 Å². The van der Waals surface area contributed by atoms with Crippen LogP contribution < -0.4 is 4.74 Å². The third kappa shape index (κ3) is 2.66. The van der Waals surface area contributed by atoms with Gasteiger partial charge in [-0.1, -0.05) is 42.5 Å². The second kappa shape index (κ2) is 5.81. The minimum absolute atomic E-state index is 0.732. The zero-order chi connectivity index (χ0) is 14.7. The van der Waals surface area contributed by atoms with Crippen molar-refractivity contribution in [2.75, 3.05) is 7.11 Å². The van der Waals surface area contributed by atoms with Gasteiger partial charge in [0.15, 0.2) is 0 Å². The smallest absolute Gasteiger partial charge is 0.118 e. The number of aliphatic hydroxyl groups excluding tert-OH is 1. The van der Waals surface area contributed by atoms with Gasteiger partial charge in [0.1, 0.15) is 11.9 Å². The van der Waals surface area contributed by atoms with Gasteiger partial charge in [0.05, 0.1) is 19.0 Å². The van der Waals surface area contributed by atoms with E-state index in [0.717, 1.165) is 28.1 Å². The maximum Gasteiger partial charge on any atom is 0.118 e. The van der Waals surface area contributed by atoms with Crippen molar-refractivity contribution in [2.24, 2.45) is 0 Å². The average Bonchev–Trinajstić information content (AvgIpc) is 3.04. The maximum absolute atomic E-state index is 10.6. The first kappa shape index (κ1) is 13.4. The van der Waals surface area contributed by atoms with Crippen molar-refractivity contribution < 1.29 is 9.84 Å². The predicted molar refractivity (Wildman–Crippen MR) is 81.1 cm³/mol. The highest BCUT2D eigenvalue weighted by molar-refractivity contribution is 5.63. The van der Waals surface area contributed by atoms with Crippen LogP contribution in [0, 0.1) is 0 Å². The first-order chi connectivity index (χ1) is 10.3. The summed E-state index contributed by atoms with van der Waals surface area (Å²) in [5.74, 6) is 0.765. The summed E-state index contributed by atoms with van der Waals surface area (Å²) in [6, 6.07) is 17.2.